The Morgan fingerprint density at radius 2 is 2.29 bits per heavy atom. The molecule has 2 unspecified atom stereocenters. The second kappa shape index (κ2) is 4.29. The summed E-state index contributed by atoms with van der Waals surface area (Å²) in [6, 6.07) is 3.57. The fourth-order valence-electron chi connectivity index (χ4n) is 2.18. The highest BCUT2D eigenvalue weighted by Crippen LogP contribution is 2.26. The molecule has 1 aromatic rings. The molecular weight excluding hydrogens is 220 g/mol. The van der Waals surface area contributed by atoms with Crippen LogP contribution in [0.1, 0.15) is 19.0 Å². The molecule has 0 spiro atoms. The standard InChI is InChI=1S/C11H16N4O2/c1-7-10(15(16)17)3-4-11(13-7)14-6-5-9(12)8(14)2/h3-4,8-9H,5-6,12H2,1-2H3. The lowest BCUT2D eigenvalue weighted by Crippen LogP contribution is -2.37. The molecule has 2 heterocycles. The summed E-state index contributed by atoms with van der Waals surface area (Å²) in [5, 5.41) is 10.7. The van der Waals surface area contributed by atoms with Gasteiger partial charge in [0.25, 0.3) is 5.69 Å². The van der Waals surface area contributed by atoms with E-state index in [0.29, 0.717) is 5.69 Å². The third-order valence-corrected chi connectivity index (χ3v) is 3.35. The van der Waals surface area contributed by atoms with Crippen LogP contribution in [0.2, 0.25) is 0 Å². The van der Waals surface area contributed by atoms with Crippen molar-refractivity contribution < 1.29 is 4.92 Å². The molecule has 0 amide bonds. The molecular formula is C11H16N4O2. The topological polar surface area (TPSA) is 85.3 Å². The van der Waals surface area contributed by atoms with Crippen LogP contribution < -0.4 is 10.6 Å². The molecule has 1 saturated heterocycles. The van der Waals surface area contributed by atoms with E-state index in [4.69, 9.17) is 5.73 Å². The summed E-state index contributed by atoms with van der Waals surface area (Å²) in [5.41, 5.74) is 6.45. The third-order valence-electron chi connectivity index (χ3n) is 3.35. The predicted molar refractivity (Wildman–Crippen MR) is 65.0 cm³/mol. The first-order valence-electron chi connectivity index (χ1n) is 5.65. The van der Waals surface area contributed by atoms with E-state index in [0.717, 1.165) is 18.8 Å². The Labute approximate surface area is 99.6 Å². The molecule has 17 heavy (non-hydrogen) atoms. The molecule has 92 valence electrons. The Kier molecular flexibility index (Phi) is 2.97. The quantitative estimate of drug-likeness (QED) is 0.616. The van der Waals surface area contributed by atoms with Gasteiger partial charge in [0.1, 0.15) is 11.5 Å². The maximum absolute atomic E-state index is 10.7. The van der Waals surface area contributed by atoms with Crippen LogP contribution in [0.3, 0.4) is 0 Å². The van der Waals surface area contributed by atoms with Crippen LogP contribution in [0.25, 0.3) is 0 Å². The number of nitro groups is 1. The summed E-state index contributed by atoms with van der Waals surface area (Å²) in [4.78, 5) is 16.7. The Morgan fingerprint density at radius 3 is 2.76 bits per heavy atom. The molecule has 1 aliphatic heterocycles. The lowest BCUT2D eigenvalue weighted by atomic mass is 10.2. The summed E-state index contributed by atoms with van der Waals surface area (Å²) in [6.45, 7) is 4.56. The summed E-state index contributed by atoms with van der Waals surface area (Å²) in [5.74, 6) is 0.772. The largest absolute Gasteiger partial charge is 0.352 e. The van der Waals surface area contributed by atoms with Gasteiger partial charge in [0.05, 0.1) is 4.92 Å². The van der Waals surface area contributed by atoms with E-state index in [1.54, 1.807) is 13.0 Å². The van der Waals surface area contributed by atoms with Crippen LogP contribution in [0.5, 0.6) is 0 Å². The number of aryl methyl sites for hydroxylation is 1. The highest BCUT2D eigenvalue weighted by atomic mass is 16.6. The second-order valence-electron chi connectivity index (χ2n) is 4.42. The number of hydrogen-bond donors (Lipinski definition) is 1. The third kappa shape index (κ3) is 2.08. The maximum Gasteiger partial charge on any atom is 0.290 e. The Morgan fingerprint density at radius 1 is 1.59 bits per heavy atom. The minimum absolute atomic E-state index is 0.0601. The van der Waals surface area contributed by atoms with Gasteiger partial charge in [0.2, 0.25) is 0 Å². The molecule has 6 nitrogen and oxygen atoms in total. The maximum atomic E-state index is 10.7. The fourth-order valence-corrected chi connectivity index (χ4v) is 2.18. The minimum atomic E-state index is -0.411. The van der Waals surface area contributed by atoms with Crippen molar-refractivity contribution in [2.75, 3.05) is 11.4 Å². The van der Waals surface area contributed by atoms with Crippen LogP contribution >= 0.6 is 0 Å². The number of rotatable bonds is 2. The second-order valence-corrected chi connectivity index (χ2v) is 4.42. The average molecular weight is 236 g/mol. The van der Waals surface area contributed by atoms with Crippen LogP contribution in [-0.2, 0) is 0 Å². The number of hydrogen-bond acceptors (Lipinski definition) is 5. The average Bonchev–Trinajstić information content (AvgIpc) is 2.59. The number of anilines is 1. The molecule has 0 radical (unpaired) electrons. The van der Waals surface area contributed by atoms with Crippen molar-refractivity contribution in [3.8, 4) is 0 Å². The van der Waals surface area contributed by atoms with E-state index in [1.807, 2.05) is 0 Å². The molecule has 6 heteroatoms. The Bertz CT molecular complexity index is 449. The first-order chi connectivity index (χ1) is 8.00. The van der Waals surface area contributed by atoms with Gasteiger partial charge in [-0.15, -0.1) is 0 Å². The van der Waals surface area contributed by atoms with Crippen molar-refractivity contribution in [3.05, 3.63) is 27.9 Å². The SMILES string of the molecule is Cc1nc(N2CCC(N)C2C)ccc1[N+](=O)[O-]. The van der Waals surface area contributed by atoms with Crippen LogP contribution in [0.4, 0.5) is 11.5 Å². The number of pyridine rings is 1. The Balaban J connectivity index is 2.29. The lowest BCUT2D eigenvalue weighted by Gasteiger charge is -2.24. The van der Waals surface area contributed by atoms with E-state index in [-0.39, 0.29) is 17.8 Å². The zero-order valence-corrected chi connectivity index (χ0v) is 9.96. The zero-order valence-electron chi connectivity index (χ0n) is 9.96. The van der Waals surface area contributed by atoms with Gasteiger partial charge in [-0.05, 0) is 26.3 Å². The summed E-state index contributed by atoms with van der Waals surface area (Å²) < 4.78 is 0. The normalized spacial score (nSPS) is 24.1. The predicted octanol–water partition coefficient (Wildman–Crippen LogP) is 1.22. The van der Waals surface area contributed by atoms with E-state index < -0.39 is 4.92 Å². The molecule has 2 N–H and O–H groups in total. The molecule has 1 aliphatic rings. The summed E-state index contributed by atoms with van der Waals surface area (Å²) >= 11 is 0. The molecule has 2 rings (SSSR count). The summed E-state index contributed by atoms with van der Waals surface area (Å²) in [6.07, 6.45) is 0.929. The molecule has 0 aliphatic carbocycles. The smallest absolute Gasteiger partial charge is 0.290 e. The van der Waals surface area contributed by atoms with E-state index in [9.17, 15) is 10.1 Å². The van der Waals surface area contributed by atoms with Crippen LogP contribution in [0.15, 0.2) is 12.1 Å². The number of nitrogens with zero attached hydrogens (tertiary/aromatic N) is 3. The van der Waals surface area contributed by atoms with Crippen molar-refractivity contribution in [1.29, 1.82) is 0 Å². The van der Waals surface area contributed by atoms with Crippen LogP contribution in [-0.4, -0.2) is 28.5 Å². The number of aromatic nitrogens is 1. The van der Waals surface area contributed by atoms with Gasteiger partial charge in [0, 0.05) is 24.7 Å². The highest BCUT2D eigenvalue weighted by molar-refractivity contribution is 5.48. The number of nitrogens with two attached hydrogens (primary N) is 1. The first kappa shape index (κ1) is 11.8. The van der Waals surface area contributed by atoms with Gasteiger partial charge >= 0.3 is 0 Å². The first-order valence-corrected chi connectivity index (χ1v) is 5.65. The zero-order chi connectivity index (χ0) is 12.6. The van der Waals surface area contributed by atoms with Gasteiger partial charge in [-0.3, -0.25) is 10.1 Å². The molecule has 2 atom stereocenters. The molecule has 0 bridgehead atoms. The van der Waals surface area contributed by atoms with E-state index >= 15 is 0 Å². The Hall–Kier alpha value is -1.69. The van der Waals surface area contributed by atoms with Crippen molar-refractivity contribution in [2.24, 2.45) is 5.73 Å². The molecule has 0 saturated carbocycles. The summed E-state index contributed by atoms with van der Waals surface area (Å²) in [7, 11) is 0. The van der Waals surface area contributed by atoms with Gasteiger partial charge < -0.3 is 10.6 Å². The van der Waals surface area contributed by atoms with Crippen LogP contribution in [0, 0.1) is 17.0 Å². The monoisotopic (exact) mass is 236 g/mol. The van der Waals surface area contributed by atoms with Crippen molar-refractivity contribution in [3.63, 3.8) is 0 Å². The molecule has 0 aromatic carbocycles. The fraction of sp³-hybridized carbons (Fsp3) is 0.545. The van der Waals surface area contributed by atoms with Crippen molar-refractivity contribution >= 4 is 11.5 Å². The van der Waals surface area contributed by atoms with E-state index in [2.05, 4.69) is 16.8 Å². The lowest BCUT2D eigenvalue weighted by molar-refractivity contribution is -0.385. The van der Waals surface area contributed by atoms with Gasteiger partial charge in [-0.1, -0.05) is 0 Å². The van der Waals surface area contributed by atoms with Gasteiger partial charge in [0.15, 0.2) is 0 Å². The van der Waals surface area contributed by atoms with Gasteiger partial charge in [-0.2, -0.15) is 0 Å². The minimum Gasteiger partial charge on any atom is -0.352 e. The van der Waals surface area contributed by atoms with Crippen molar-refractivity contribution in [2.45, 2.75) is 32.4 Å². The van der Waals surface area contributed by atoms with Crippen molar-refractivity contribution in [1.82, 2.24) is 4.98 Å². The molecule has 1 fully saturated rings. The van der Waals surface area contributed by atoms with Gasteiger partial charge in [-0.25, -0.2) is 4.98 Å². The van der Waals surface area contributed by atoms with E-state index in [1.165, 1.54) is 6.07 Å². The molecule has 1 aromatic heterocycles. The highest BCUT2D eigenvalue weighted by Gasteiger charge is 2.29.